The van der Waals surface area contributed by atoms with Crippen LogP contribution in [-0.2, 0) is 6.42 Å². The Labute approximate surface area is 118 Å². The molecule has 0 aromatic heterocycles. The van der Waals surface area contributed by atoms with Crippen molar-refractivity contribution in [2.24, 2.45) is 0 Å². The Morgan fingerprint density at radius 3 is 2.53 bits per heavy atom. The average molecular weight is 263 g/mol. The summed E-state index contributed by atoms with van der Waals surface area (Å²) in [5.41, 5.74) is 1.34. The van der Waals surface area contributed by atoms with Gasteiger partial charge in [-0.05, 0) is 50.8 Å². The van der Waals surface area contributed by atoms with E-state index in [0.29, 0.717) is 6.04 Å². The van der Waals surface area contributed by atoms with Gasteiger partial charge >= 0.3 is 0 Å². The van der Waals surface area contributed by atoms with Gasteiger partial charge in [0, 0.05) is 6.04 Å². The highest BCUT2D eigenvalue weighted by Crippen LogP contribution is 2.20. The van der Waals surface area contributed by atoms with Crippen molar-refractivity contribution in [1.82, 2.24) is 5.32 Å². The molecule has 0 amide bonds. The number of aryl methyl sites for hydroxylation is 1. The lowest BCUT2D eigenvalue weighted by molar-refractivity contribution is 0.335. The maximum Gasteiger partial charge on any atom is 0.122 e. The number of ether oxygens (including phenoxy) is 1. The third-order valence-corrected chi connectivity index (χ3v) is 3.35. The molecular weight excluding hydrogens is 234 g/mol. The Hall–Kier alpha value is -1.02. The van der Waals surface area contributed by atoms with Gasteiger partial charge < -0.3 is 10.1 Å². The molecule has 1 rings (SSSR count). The number of para-hydroxylation sites is 1. The van der Waals surface area contributed by atoms with Gasteiger partial charge in [0.25, 0.3) is 0 Å². The van der Waals surface area contributed by atoms with Crippen LogP contribution in [0.4, 0.5) is 0 Å². The molecule has 1 N–H and O–H groups in total. The molecule has 0 saturated carbocycles. The first-order valence-corrected chi connectivity index (χ1v) is 7.75. The number of benzene rings is 1. The van der Waals surface area contributed by atoms with Gasteiger partial charge in [0.2, 0.25) is 0 Å². The standard InChI is InChI=1S/C17H29NO/c1-4-9-16(18-14-5-2)13-12-15-10-7-8-11-17(15)19-6-3/h7-8,10-11,16,18H,4-6,9,12-14H2,1-3H3. The molecule has 0 aliphatic carbocycles. The summed E-state index contributed by atoms with van der Waals surface area (Å²) in [5, 5.41) is 3.65. The number of rotatable bonds is 10. The van der Waals surface area contributed by atoms with Gasteiger partial charge in [0.15, 0.2) is 0 Å². The van der Waals surface area contributed by atoms with E-state index in [0.717, 1.165) is 25.3 Å². The predicted octanol–water partition coefficient (Wildman–Crippen LogP) is 4.19. The highest BCUT2D eigenvalue weighted by molar-refractivity contribution is 5.33. The van der Waals surface area contributed by atoms with E-state index in [1.807, 2.05) is 13.0 Å². The molecule has 1 atom stereocenters. The predicted molar refractivity (Wildman–Crippen MR) is 82.9 cm³/mol. The maximum atomic E-state index is 5.69. The van der Waals surface area contributed by atoms with Crippen molar-refractivity contribution in [3.8, 4) is 5.75 Å². The van der Waals surface area contributed by atoms with Gasteiger partial charge in [0.05, 0.1) is 6.61 Å². The Morgan fingerprint density at radius 2 is 1.84 bits per heavy atom. The van der Waals surface area contributed by atoms with Crippen molar-refractivity contribution in [3.05, 3.63) is 29.8 Å². The van der Waals surface area contributed by atoms with Crippen molar-refractivity contribution in [1.29, 1.82) is 0 Å². The van der Waals surface area contributed by atoms with Crippen molar-refractivity contribution in [3.63, 3.8) is 0 Å². The summed E-state index contributed by atoms with van der Waals surface area (Å²) in [4.78, 5) is 0. The first-order valence-electron chi connectivity index (χ1n) is 7.75. The molecule has 108 valence electrons. The van der Waals surface area contributed by atoms with E-state index < -0.39 is 0 Å². The summed E-state index contributed by atoms with van der Waals surface area (Å²) >= 11 is 0. The fourth-order valence-corrected chi connectivity index (χ4v) is 2.38. The summed E-state index contributed by atoms with van der Waals surface area (Å²) in [5.74, 6) is 1.05. The smallest absolute Gasteiger partial charge is 0.122 e. The van der Waals surface area contributed by atoms with E-state index in [1.54, 1.807) is 0 Å². The second kappa shape index (κ2) is 9.85. The molecule has 0 fully saturated rings. The number of hydrogen-bond acceptors (Lipinski definition) is 2. The molecule has 0 aliphatic heterocycles. The number of nitrogens with one attached hydrogen (secondary N) is 1. The van der Waals surface area contributed by atoms with Crippen LogP contribution in [0.1, 0.15) is 52.0 Å². The average Bonchev–Trinajstić information content (AvgIpc) is 2.43. The molecule has 19 heavy (non-hydrogen) atoms. The van der Waals surface area contributed by atoms with Crippen molar-refractivity contribution in [2.75, 3.05) is 13.2 Å². The molecule has 0 heterocycles. The minimum absolute atomic E-state index is 0.639. The molecule has 0 saturated heterocycles. The quantitative estimate of drug-likeness (QED) is 0.683. The van der Waals surface area contributed by atoms with Gasteiger partial charge in [-0.15, -0.1) is 0 Å². The van der Waals surface area contributed by atoms with Gasteiger partial charge in [-0.2, -0.15) is 0 Å². The molecule has 2 nitrogen and oxygen atoms in total. The van der Waals surface area contributed by atoms with Crippen LogP contribution in [0.25, 0.3) is 0 Å². The second-order valence-corrected chi connectivity index (χ2v) is 5.02. The Morgan fingerprint density at radius 1 is 1.05 bits per heavy atom. The largest absolute Gasteiger partial charge is 0.494 e. The Balaban J connectivity index is 2.52. The van der Waals surface area contributed by atoms with Crippen LogP contribution in [0.15, 0.2) is 24.3 Å². The van der Waals surface area contributed by atoms with Crippen molar-refractivity contribution in [2.45, 2.75) is 58.9 Å². The maximum absolute atomic E-state index is 5.69. The van der Waals surface area contributed by atoms with Gasteiger partial charge in [-0.3, -0.25) is 0 Å². The fraction of sp³-hybridized carbons (Fsp3) is 0.647. The van der Waals surface area contributed by atoms with Gasteiger partial charge in [-0.25, -0.2) is 0 Å². The molecular formula is C17H29NO. The normalized spacial score (nSPS) is 12.4. The Bertz CT molecular complexity index is 338. The molecule has 2 heteroatoms. The van der Waals surface area contributed by atoms with Crippen LogP contribution in [0.2, 0.25) is 0 Å². The SMILES string of the molecule is CCCNC(CCC)CCc1ccccc1OCC. The summed E-state index contributed by atoms with van der Waals surface area (Å²) in [6.07, 6.45) is 6.00. The van der Waals surface area contributed by atoms with Crippen LogP contribution in [-0.4, -0.2) is 19.2 Å². The van der Waals surface area contributed by atoms with E-state index in [9.17, 15) is 0 Å². The zero-order valence-corrected chi connectivity index (χ0v) is 12.7. The van der Waals surface area contributed by atoms with E-state index in [2.05, 4.69) is 37.4 Å². The fourth-order valence-electron chi connectivity index (χ4n) is 2.38. The minimum atomic E-state index is 0.639. The molecule has 1 aromatic carbocycles. The zero-order chi connectivity index (χ0) is 13.9. The monoisotopic (exact) mass is 263 g/mol. The van der Waals surface area contributed by atoms with E-state index in [-0.39, 0.29) is 0 Å². The summed E-state index contributed by atoms with van der Waals surface area (Å²) < 4.78 is 5.69. The topological polar surface area (TPSA) is 21.3 Å². The first-order chi connectivity index (χ1) is 9.31. The van der Waals surface area contributed by atoms with Crippen molar-refractivity contribution >= 4 is 0 Å². The lowest BCUT2D eigenvalue weighted by atomic mass is 10.0. The second-order valence-electron chi connectivity index (χ2n) is 5.02. The van der Waals surface area contributed by atoms with Crippen LogP contribution in [0.3, 0.4) is 0 Å². The van der Waals surface area contributed by atoms with Crippen LogP contribution < -0.4 is 10.1 Å². The highest BCUT2D eigenvalue weighted by atomic mass is 16.5. The zero-order valence-electron chi connectivity index (χ0n) is 12.7. The van der Waals surface area contributed by atoms with E-state index in [1.165, 1.54) is 31.2 Å². The lowest BCUT2D eigenvalue weighted by Gasteiger charge is -2.18. The highest BCUT2D eigenvalue weighted by Gasteiger charge is 2.09. The number of hydrogen-bond donors (Lipinski definition) is 1. The van der Waals surface area contributed by atoms with E-state index in [4.69, 9.17) is 4.74 Å². The van der Waals surface area contributed by atoms with Gasteiger partial charge in [0.1, 0.15) is 5.75 Å². The molecule has 0 aliphatic rings. The summed E-state index contributed by atoms with van der Waals surface area (Å²) in [6.45, 7) is 8.38. The van der Waals surface area contributed by atoms with E-state index >= 15 is 0 Å². The minimum Gasteiger partial charge on any atom is -0.494 e. The molecule has 1 unspecified atom stereocenters. The third kappa shape index (κ3) is 6.11. The first kappa shape index (κ1) is 16.0. The molecule has 1 aromatic rings. The summed E-state index contributed by atoms with van der Waals surface area (Å²) in [6, 6.07) is 9.06. The van der Waals surface area contributed by atoms with Crippen LogP contribution >= 0.6 is 0 Å². The lowest BCUT2D eigenvalue weighted by Crippen LogP contribution is -2.30. The third-order valence-electron chi connectivity index (χ3n) is 3.35. The Kier molecular flexibility index (Phi) is 8.31. The summed E-state index contributed by atoms with van der Waals surface area (Å²) in [7, 11) is 0. The van der Waals surface area contributed by atoms with Crippen LogP contribution in [0.5, 0.6) is 5.75 Å². The van der Waals surface area contributed by atoms with Gasteiger partial charge in [-0.1, -0.05) is 38.5 Å². The van der Waals surface area contributed by atoms with Crippen LogP contribution in [0, 0.1) is 0 Å². The van der Waals surface area contributed by atoms with Crippen molar-refractivity contribution < 1.29 is 4.74 Å². The molecule has 0 spiro atoms. The molecule has 0 bridgehead atoms. The molecule has 0 radical (unpaired) electrons.